The molecular formula is C14H23N3. The summed E-state index contributed by atoms with van der Waals surface area (Å²) in [7, 11) is 2.21. The van der Waals surface area contributed by atoms with Crippen LogP contribution < -0.4 is 5.73 Å². The number of nitrogen functional groups attached to an aromatic ring is 1. The maximum absolute atomic E-state index is 5.71. The number of nitrogens with zero attached hydrogens (tertiary/aromatic N) is 2. The number of rotatable bonds is 3. The average molecular weight is 233 g/mol. The van der Waals surface area contributed by atoms with Gasteiger partial charge in [0.2, 0.25) is 0 Å². The minimum atomic E-state index is 0.618. The molecule has 0 spiro atoms. The molecule has 2 atom stereocenters. The number of pyridine rings is 1. The number of anilines is 1. The molecule has 0 amide bonds. The monoisotopic (exact) mass is 233 g/mol. The van der Waals surface area contributed by atoms with Crippen molar-refractivity contribution in [3.8, 4) is 0 Å². The van der Waals surface area contributed by atoms with E-state index in [0.717, 1.165) is 18.2 Å². The van der Waals surface area contributed by atoms with Crippen molar-refractivity contribution in [1.82, 2.24) is 9.88 Å². The van der Waals surface area contributed by atoms with Crippen molar-refractivity contribution in [2.45, 2.75) is 45.2 Å². The highest BCUT2D eigenvalue weighted by Gasteiger charge is 2.24. The van der Waals surface area contributed by atoms with Crippen molar-refractivity contribution in [2.75, 3.05) is 12.8 Å². The van der Waals surface area contributed by atoms with E-state index in [-0.39, 0.29) is 0 Å². The summed E-state index contributed by atoms with van der Waals surface area (Å²) in [4.78, 5) is 6.81. The molecule has 94 valence electrons. The van der Waals surface area contributed by atoms with E-state index in [4.69, 9.17) is 5.73 Å². The van der Waals surface area contributed by atoms with Crippen LogP contribution in [0.1, 0.15) is 38.3 Å². The predicted molar refractivity (Wildman–Crippen MR) is 71.5 cm³/mol. The van der Waals surface area contributed by atoms with E-state index in [1.165, 1.54) is 25.7 Å². The summed E-state index contributed by atoms with van der Waals surface area (Å²) in [5, 5.41) is 0. The van der Waals surface area contributed by atoms with Gasteiger partial charge in [-0.2, -0.15) is 0 Å². The van der Waals surface area contributed by atoms with Gasteiger partial charge in [0, 0.05) is 12.6 Å². The summed E-state index contributed by atoms with van der Waals surface area (Å²) in [5.41, 5.74) is 6.78. The van der Waals surface area contributed by atoms with E-state index in [2.05, 4.69) is 29.9 Å². The van der Waals surface area contributed by atoms with Crippen LogP contribution in [0, 0.1) is 5.92 Å². The quantitative estimate of drug-likeness (QED) is 0.872. The third-order valence-electron chi connectivity index (χ3n) is 3.87. The van der Waals surface area contributed by atoms with E-state index in [1.54, 1.807) is 0 Å². The zero-order chi connectivity index (χ0) is 12.3. The van der Waals surface area contributed by atoms with Crippen molar-refractivity contribution in [1.29, 1.82) is 0 Å². The van der Waals surface area contributed by atoms with E-state index < -0.39 is 0 Å². The Morgan fingerprint density at radius 2 is 2.12 bits per heavy atom. The first-order chi connectivity index (χ1) is 8.16. The standard InChI is InChI=1S/C14H23N3/c1-11-6-3-4-8-13(11)17(2)10-12-7-5-9-14(15)16-12/h5,7,9,11,13H,3-4,6,8,10H2,1-2H3,(H2,15,16). The smallest absolute Gasteiger partial charge is 0.123 e. The van der Waals surface area contributed by atoms with Crippen molar-refractivity contribution < 1.29 is 0 Å². The number of hydrogen-bond donors (Lipinski definition) is 1. The molecule has 1 saturated carbocycles. The Bertz CT molecular complexity index is 364. The Morgan fingerprint density at radius 1 is 1.35 bits per heavy atom. The fourth-order valence-electron chi connectivity index (χ4n) is 2.91. The molecule has 0 saturated heterocycles. The number of aromatic nitrogens is 1. The first-order valence-electron chi connectivity index (χ1n) is 6.58. The largest absolute Gasteiger partial charge is 0.384 e. The van der Waals surface area contributed by atoms with Crippen LogP contribution in [0.3, 0.4) is 0 Å². The fourth-order valence-corrected chi connectivity index (χ4v) is 2.91. The summed E-state index contributed by atoms with van der Waals surface area (Å²) in [6.45, 7) is 3.27. The van der Waals surface area contributed by atoms with Gasteiger partial charge in [-0.25, -0.2) is 4.98 Å². The maximum atomic E-state index is 5.71. The molecule has 2 rings (SSSR count). The Hall–Kier alpha value is -1.09. The third kappa shape index (κ3) is 3.19. The maximum Gasteiger partial charge on any atom is 0.123 e. The number of nitrogens with two attached hydrogens (primary N) is 1. The molecule has 1 fully saturated rings. The minimum Gasteiger partial charge on any atom is -0.384 e. The highest BCUT2D eigenvalue weighted by atomic mass is 15.1. The van der Waals surface area contributed by atoms with Gasteiger partial charge in [0.1, 0.15) is 5.82 Å². The molecule has 2 unspecified atom stereocenters. The molecule has 1 aromatic heterocycles. The van der Waals surface area contributed by atoms with Crippen molar-refractivity contribution in [3.63, 3.8) is 0 Å². The summed E-state index contributed by atoms with van der Waals surface area (Å²) in [6, 6.07) is 6.58. The Balaban J connectivity index is 1.98. The molecule has 0 bridgehead atoms. The summed E-state index contributed by atoms with van der Waals surface area (Å²) in [6.07, 6.45) is 5.44. The van der Waals surface area contributed by atoms with Crippen LogP contribution in [0.5, 0.6) is 0 Å². The molecule has 0 aromatic carbocycles. The SMILES string of the molecule is CC1CCCCC1N(C)Cc1cccc(N)n1. The normalized spacial score (nSPS) is 25.1. The van der Waals surface area contributed by atoms with Crippen molar-refractivity contribution in [2.24, 2.45) is 5.92 Å². The lowest BCUT2D eigenvalue weighted by Gasteiger charge is -2.36. The van der Waals surface area contributed by atoms with Gasteiger partial charge in [-0.15, -0.1) is 0 Å². The zero-order valence-corrected chi connectivity index (χ0v) is 10.9. The first-order valence-corrected chi connectivity index (χ1v) is 6.58. The van der Waals surface area contributed by atoms with E-state index >= 15 is 0 Å². The van der Waals surface area contributed by atoms with Gasteiger partial charge in [-0.05, 0) is 37.9 Å². The highest BCUT2D eigenvalue weighted by Crippen LogP contribution is 2.27. The molecule has 1 heterocycles. The second-order valence-corrected chi connectivity index (χ2v) is 5.30. The molecule has 0 radical (unpaired) electrons. The highest BCUT2D eigenvalue weighted by molar-refractivity contribution is 5.28. The van der Waals surface area contributed by atoms with Crippen LogP contribution >= 0.6 is 0 Å². The van der Waals surface area contributed by atoms with Gasteiger partial charge in [-0.1, -0.05) is 25.8 Å². The molecule has 1 aliphatic carbocycles. The van der Waals surface area contributed by atoms with Crippen LogP contribution in [0.25, 0.3) is 0 Å². The van der Waals surface area contributed by atoms with Gasteiger partial charge in [0.25, 0.3) is 0 Å². The summed E-state index contributed by atoms with van der Waals surface area (Å²) >= 11 is 0. The molecule has 2 N–H and O–H groups in total. The minimum absolute atomic E-state index is 0.618. The topological polar surface area (TPSA) is 42.1 Å². The van der Waals surface area contributed by atoms with Gasteiger partial charge in [-0.3, -0.25) is 4.90 Å². The molecule has 1 aliphatic rings. The van der Waals surface area contributed by atoms with Gasteiger partial charge < -0.3 is 5.73 Å². The lowest BCUT2D eigenvalue weighted by molar-refractivity contribution is 0.132. The lowest BCUT2D eigenvalue weighted by atomic mass is 9.85. The Kier molecular flexibility index (Phi) is 4.00. The van der Waals surface area contributed by atoms with E-state index in [0.29, 0.717) is 11.9 Å². The van der Waals surface area contributed by atoms with Crippen LogP contribution in [-0.2, 0) is 6.54 Å². The Morgan fingerprint density at radius 3 is 2.82 bits per heavy atom. The third-order valence-corrected chi connectivity index (χ3v) is 3.87. The van der Waals surface area contributed by atoms with E-state index in [1.807, 2.05) is 12.1 Å². The lowest BCUT2D eigenvalue weighted by Crippen LogP contribution is -2.38. The molecule has 1 aromatic rings. The molecule has 3 heteroatoms. The van der Waals surface area contributed by atoms with Crippen LogP contribution in [0.4, 0.5) is 5.82 Å². The van der Waals surface area contributed by atoms with Crippen LogP contribution in [0.2, 0.25) is 0 Å². The summed E-state index contributed by atoms with van der Waals surface area (Å²) < 4.78 is 0. The molecule has 0 aliphatic heterocycles. The average Bonchev–Trinajstić information content (AvgIpc) is 2.29. The summed E-state index contributed by atoms with van der Waals surface area (Å²) in [5.74, 6) is 1.42. The van der Waals surface area contributed by atoms with Crippen LogP contribution in [-0.4, -0.2) is 23.0 Å². The molecule has 3 nitrogen and oxygen atoms in total. The Labute approximate surface area is 104 Å². The predicted octanol–water partition coefficient (Wildman–Crippen LogP) is 2.67. The second kappa shape index (κ2) is 5.50. The van der Waals surface area contributed by atoms with E-state index in [9.17, 15) is 0 Å². The first kappa shape index (κ1) is 12.4. The van der Waals surface area contributed by atoms with Gasteiger partial charge in [0.15, 0.2) is 0 Å². The second-order valence-electron chi connectivity index (χ2n) is 5.30. The van der Waals surface area contributed by atoms with Crippen molar-refractivity contribution >= 4 is 5.82 Å². The molecular weight excluding hydrogens is 210 g/mol. The van der Waals surface area contributed by atoms with Gasteiger partial charge >= 0.3 is 0 Å². The number of hydrogen-bond acceptors (Lipinski definition) is 3. The molecule has 17 heavy (non-hydrogen) atoms. The van der Waals surface area contributed by atoms with Crippen molar-refractivity contribution in [3.05, 3.63) is 23.9 Å². The zero-order valence-electron chi connectivity index (χ0n) is 10.9. The van der Waals surface area contributed by atoms with Crippen LogP contribution in [0.15, 0.2) is 18.2 Å². The van der Waals surface area contributed by atoms with Gasteiger partial charge in [0.05, 0.1) is 5.69 Å². The fraction of sp³-hybridized carbons (Fsp3) is 0.643.